The number of carbonyl (C=O) groups excluding carboxylic acids is 2. The molecule has 0 saturated heterocycles. The quantitative estimate of drug-likeness (QED) is 0.0719. The molecule has 0 radical (unpaired) electrons. The van der Waals surface area contributed by atoms with Crippen LogP contribution < -0.4 is 27.8 Å². The number of ether oxygens (including phenoxy) is 6. The Morgan fingerprint density at radius 1 is 0.532 bits per heavy atom. The first-order chi connectivity index (χ1) is 23.1. The molecule has 0 aliphatic heterocycles. The Balaban J connectivity index is 1.50. The molecule has 0 aliphatic rings. The van der Waals surface area contributed by atoms with Gasteiger partial charge in [-0.1, -0.05) is 12.1 Å². The van der Waals surface area contributed by atoms with Crippen molar-refractivity contribution in [3.05, 3.63) is 47.5 Å². The molecular formula is C33H52N6O8. The summed E-state index contributed by atoms with van der Waals surface area (Å²) in [5, 5.41) is 7.82. The van der Waals surface area contributed by atoms with Crippen molar-refractivity contribution in [2.75, 3.05) is 112 Å². The van der Waals surface area contributed by atoms with Crippen molar-refractivity contribution in [3.63, 3.8) is 0 Å². The number of hydrogen-bond donors (Lipinski definition) is 5. The standard InChI is InChI=1S/C33H52N6O8/c34-6-1-11-39-30-24-26(32(40)37-9-14-44-18-22-46-20-16-42-12-7-35)2-4-28(30)29-5-3-27(25-31(29)39)33(41)38-10-15-45-19-23-47-21-17-43-13-8-36/h2-5,24-25H,1,6-23,34-36H2,(H,37,40)(H,38,41). The molecule has 0 unspecified atom stereocenters. The van der Waals surface area contributed by atoms with E-state index in [9.17, 15) is 9.59 Å². The molecule has 1 heterocycles. The lowest BCUT2D eigenvalue weighted by Gasteiger charge is -2.10. The van der Waals surface area contributed by atoms with Crippen LogP contribution in [0.5, 0.6) is 0 Å². The second-order valence-corrected chi connectivity index (χ2v) is 10.5. The fourth-order valence-electron chi connectivity index (χ4n) is 4.80. The van der Waals surface area contributed by atoms with E-state index in [4.69, 9.17) is 45.6 Å². The Morgan fingerprint density at radius 3 is 1.30 bits per heavy atom. The molecule has 0 atom stereocenters. The summed E-state index contributed by atoms with van der Waals surface area (Å²) in [6.45, 7) is 8.39. The summed E-state index contributed by atoms with van der Waals surface area (Å²) in [5.74, 6) is -0.380. The van der Waals surface area contributed by atoms with Gasteiger partial charge in [0.1, 0.15) is 0 Å². The third-order valence-electron chi connectivity index (χ3n) is 7.05. The number of fused-ring (bicyclic) bond motifs is 3. The Labute approximate surface area is 276 Å². The monoisotopic (exact) mass is 660 g/mol. The van der Waals surface area contributed by atoms with Gasteiger partial charge >= 0.3 is 0 Å². The van der Waals surface area contributed by atoms with Crippen molar-refractivity contribution in [2.24, 2.45) is 17.2 Å². The molecule has 47 heavy (non-hydrogen) atoms. The number of nitrogens with one attached hydrogen (secondary N) is 2. The van der Waals surface area contributed by atoms with E-state index in [1.807, 2.05) is 36.4 Å². The number of aryl methyl sites for hydroxylation is 1. The summed E-state index contributed by atoms with van der Waals surface area (Å²) in [6, 6.07) is 11.3. The number of hydrogen-bond acceptors (Lipinski definition) is 11. The van der Waals surface area contributed by atoms with E-state index in [1.165, 1.54) is 0 Å². The predicted octanol–water partition coefficient (Wildman–Crippen LogP) is 0.620. The maximum atomic E-state index is 13.0. The highest BCUT2D eigenvalue weighted by Crippen LogP contribution is 2.31. The average molecular weight is 661 g/mol. The first-order valence-electron chi connectivity index (χ1n) is 16.3. The molecule has 0 bridgehead atoms. The first-order valence-corrected chi connectivity index (χ1v) is 16.3. The van der Waals surface area contributed by atoms with Gasteiger partial charge in [0.25, 0.3) is 11.8 Å². The highest BCUT2D eigenvalue weighted by molar-refractivity contribution is 6.11. The highest BCUT2D eigenvalue weighted by Gasteiger charge is 2.16. The highest BCUT2D eigenvalue weighted by atomic mass is 16.5. The molecule has 3 aromatic rings. The van der Waals surface area contributed by atoms with Gasteiger partial charge in [0.2, 0.25) is 0 Å². The molecule has 2 amide bonds. The molecule has 0 spiro atoms. The lowest BCUT2D eigenvalue weighted by Crippen LogP contribution is -2.27. The molecule has 1 aromatic heterocycles. The summed E-state index contributed by atoms with van der Waals surface area (Å²) in [7, 11) is 0. The third kappa shape index (κ3) is 13.5. The maximum Gasteiger partial charge on any atom is 0.251 e. The average Bonchev–Trinajstić information content (AvgIpc) is 3.40. The van der Waals surface area contributed by atoms with Gasteiger partial charge in [-0.3, -0.25) is 9.59 Å². The second kappa shape index (κ2) is 23.2. The van der Waals surface area contributed by atoms with Crippen LogP contribution in [0.25, 0.3) is 21.8 Å². The molecular weight excluding hydrogens is 608 g/mol. The molecule has 2 aromatic carbocycles. The van der Waals surface area contributed by atoms with Crippen LogP contribution in [0.1, 0.15) is 27.1 Å². The minimum absolute atomic E-state index is 0.190. The summed E-state index contributed by atoms with van der Waals surface area (Å²) >= 11 is 0. The number of amides is 2. The van der Waals surface area contributed by atoms with Crippen LogP contribution >= 0.6 is 0 Å². The summed E-state index contributed by atoms with van der Waals surface area (Å²) < 4.78 is 34.6. The zero-order valence-corrected chi connectivity index (χ0v) is 27.3. The summed E-state index contributed by atoms with van der Waals surface area (Å²) in [5.41, 5.74) is 19.5. The molecule has 262 valence electrons. The zero-order chi connectivity index (χ0) is 33.5. The Hall–Kier alpha value is -3.18. The summed E-state index contributed by atoms with van der Waals surface area (Å²) in [4.78, 5) is 25.9. The van der Waals surface area contributed by atoms with Crippen LogP contribution in [-0.2, 0) is 35.0 Å². The second-order valence-electron chi connectivity index (χ2n) is 10.5. The first kappa shape index (κ1) is 38.3. The molecule has 14 nitrogen and oxygen atoms in total. The van der Waals surface area contributed by atoms with Crippen LogP contribution in [0.2, 0.25) is 0 Å². The van der Waals surface area contributed by atoms with E-state index in [2.05, 4.69) is 15.2 Å². The van der Waals surface area contributed by atoms with Gasteiger partial charge in [0.05, 0.1) is 79.3 Å². The summed E-state index contributed by atoms with van der Waals surface area (Å²) in [6.07, 6.45) is 0.745. The van der Waals surface area contributed by atoms with Crippen LogP contribution in [0.3, 0.4) is 0 Å². The van der Waals surface area contributed by atoms with E-state index < -0.39 is 0 Å². The number of aromatic nitrogens is 1. The van der Waals surface area contributed by atoms with Gasteiger partial charge in [-0.15, -0.1) is 0 Å². The maximum absolute atomic E-state index is 13.0. The number of nitrogens with zero attached hydrogens (tertiary/aromatic N) is 1. The predicted molar refractivity (Wildman–Crippen MR) is 181 cm³/mol. The third-order valence-corrected chi connectivity index (χ3v) is 7.05. The van der Waals surface area contributed by atoms with Crippen LogP contribution in [0.4, 0.5) is 0 Å². The van der Waals surface area contributed by atoms with Crippen molar-refractivity contribution in [2.45, 2.75) is 13.0 Å². The van der Waals surface area contributed by atoms with Crippen LogP contribution in [0, 0.1) is 0 Å². The van der Waals surface area contributed by atoms with Crippen molar-refractivity contribution in [1.29, 1.82) is 0 Å². The Kier molecular flexibility index (Phi) is 18.9. The number of benzene rings is 2. The fraction of sp³-hybridized carbons (Fsp3) is 0.576. The zero-order valence-electron chi connectivity index (χ0n) is 27.3. The van der Waals surface area contributed by atoms with Crippen LogP contribution in [0.15, 0.2) is 36.4 Å². The van der Waals surface area contributed by atoms with Gasteiger partial charge in [-0.2, -0.15) is 0 Å². The SMILES string of the molecule is NCCCn1c2cc(C(=O)NCCOCCOCCOCCN)ccc2c2ccc(C(=O)NCCOCCOCCOCCN)cc21. The van der Waals surface area contributed by atoms with Gasteiger partial charge in [-0.25, -0.2) is 0 Å². The van der Waals surface area contributed by atoms with Gasteiger partial charge < -0.3 is 60.8 Å². The van der Waals surface area contributed by atoms with Crippen molar-refractivity contribution < 1.29 is 38.0 Å². The lowest BCUT2D eigenvalue weighted by atomic mass is 10.1. The smallest absolute Gasteiger partial charge is 0.251 e. The molecule has 8 N–H and O–H groups in total. The lowest BCUT2D eigenvalue weighted by molar-refractivity contribution is 0.0166. The molecule has 0 fully saturated rings. The molecule has 0 saturated carbocycles. The fourth-order valence-corrected chi connectivity index (χ4v) is 4.80. The molecule has 0 aliphatic carbocycles. The van der Waals surface area contributed by atoms with Crippen molar-refractivity contribution in [1.82, 2.24) is 15.2 Å². The van der Waals surface area contributed by atoms with E-state index in [-0.39, 0.29) is 11.8 Å². The van der Waals surface area contributed by atoms with E-state index in [0.717, 1.165) is 28.2 Å². The van der Waals surface area contributed by atoms with Gasteiger partial charge in [0.15, 0.2) is 0 Å². The largest absolute Gasteiger partial charge is 0.378 e. The van der Waals surface area contributed by atoms with Crippen molar-refractivity contribution >= 4 is 33.6 Å². The van der Waals surface area contributed by atoms with Crippen LogP contribution in [-0.4, -0.2) is 128 Å². The van der Waals surface area contributed by atoms with Gasteiger partial charge in [0, 0.05) is 65.7 Å². The molecule has 3 rings (SSSR count). The van der Waals surface area contributed by atoms with E-state index in [0.29, 0.717) is 130 Å². The van der Waals surface area contributed by atoms with E-state index in [1.54, 1.807) is 0 Å². The topological polar surface area (TPSA) is 197 Å². The molecule has 14 heteroatoms. The van der Waals surface area contributed by atoms with E-state index >= 15 is 0 Å². The van der Waals surface area contributed by atoms with Crippen molar-refractivity contribution in [3.8, 4) is 0 Å². The Morgan fingerprint density at radius 2 is 0.915 bits per heavy atom. The van der Waals surface area contributed by atoms with Gasteiger partial charge in [-0.05, 0) is 37.2 Å². The Bertz CT molecular complexity index is 1240. The number of carbonyl (C=O) groups is 2. The normalized spacial score (nSPS) is 11.5. The number of rotatable bonds is 27. The number of nitrogens with two attached hydrogens (primary N) is 3. The minimum atomic E-state index is -0.190. The minimum Gasteiger partial charge on any atom is -0.378 e.